The average Bonchev–Trinajstić information content (AvgIpc) is 2.72. The molecule has 2 aromatic carbocycles. The Labute approximate surface area is 181 Å². The Morgan fingerprint density at radius 3 is 2.28 bits per heavy atom. The fraction of sp³-hybridized carbons (Fsp3) is 0.364. The molecule has 1 N–H and O–H groups in total. The third kappa shape index (κ3) is 6.38. The summed E-state index contributed by atoms with van der Waals surface area (Å²) in [7, 11) is 1.60. The maximum absolute atomic E-state index is 13.2. The second kappa shape index (κ2) is 11.1. The number of carbonyl (C=O) groups is 2. The lowest BCUT2D eigenvalue weighted by molar-refractivity contribution is -0.140. The zero-order valence-corrected chi connectivity index (χ0v) is 18.4. The van der Waals surface area contributed by atoms with Crippen molar-refractivity contribution < 1.29 is 14.3 Å². The topological polar surface area (TPSA) is 58.6 Å². The summed E-state index contributed by atoms with van der Waals surface area (Å²) < 4.78 is 5.18. The molecule has 0 aliphatic heterocycles. The van der Waals surface area contributed by atoms with Crippen LogP contribution in [0.2, 0.25) is 10.0 Å². The lowest BCUT2D eigenvalue weighted by Gasteiger charge is -2.29. The third-order valence-corrected chi connectivity index (χ3v) is 5.33. The molecule has 156 valence electrons. The van der Waals surface area contributed by atoms with Crippen molar-refractivity contribution in [3.63, 3.8) is 0 Å². The number of halogens is 2. The normalized spacial score (nSPS) is 11.6. The summed E-state index contributed by atoms with van der Waals surface area (Å²) in [4.78, 5) is 27.3. The number of benzene rings is 2. The molecule has 0 radical (unpaired) electrons. The van der Waals surface area contributed by atoms with Gasteiger partial charge >= 0.3 is 0 Å². The Morgan fingerprint density at radius 1 is 1.10 bits per heavy atom. The van der Waals surface area contributed by atoms with Gasteiger partial charge in [0.25, 0.3) is 0 Å². The Kier molecular flexibility index (Phi) is 8.80. The number of amides is 2. The predicted molar refractivity (Wildman–Crippen MR) is 116 cm³/mol. The van der Waals surface area contributed by atoms with Gasteiger partial charge in [0.2, 0.25) is 11.8 Å². The highest BCUT2D eigenvalue weighted by atomic mass is 35.5. The largest absolute Gasteiger partial charge is 0.497 e. The number of hydrogen-bond acceptors (Lipinski definition) is 3. The van der Waals surface area contributed by atoms with E-state index >= 15 is 0 Å². The van der Waals surface area contributed by atoms with Crippen molar-refractivity contribution in [1.82, 2.24) is 10.2 Å². The smallest absolute Gasteiger partial charge is 0.242 e. The van der Waals surface area contributed by atoms with Gasteiger partial charge in [-0.2, -0.15) is 0 Å². The molecule has 1 atom stereocenters. The van der Waals surface area contributed by atoms with Crippen LogP contribution in [-0.4, -0.2) is 36.4 Å². The van der Waals surface area contributed by atoms with E-state index in [-0.39, 0.29) is 24.8 Å². The molecule has 2 aromatic rings. The fourth-order valence-corrected chi connectivity index (χ4v) is 3.39. The van der Waals surface area contributed by atoms with Gasteiger partial charge in [0, 0.05) is 23.1 Å². The van der Waals surface area contributed by atoms with Crippen LogP contribution in [0.25, 0.3) is 0 Å². The highest BCUT2D eigenvalue weighted by Gasteiger charge is 2.27. The van der Waals surface area contributed by atoms with Crippen LogP contribution in [0.1, 0.15) is 31.4 Å². The Morgan fingerprint density at radius 2 is 1.72 bits per heavy atom. The number of methoxy groups -OCH3 is 1. The highest BCUT2D eigenvalue weighted by Crippen LogP contribution is 2.26. The third-order valence-electron chi connectivity index (χ3n) is 4.62. The van der Waals surface area contributed by atoms with E-state index in [1.165, 1.54) is 0 Å². The van der Waals surface area contributed by atoms with Crippen LogP contribution in [0.15, 0.2) is 42.5 Å². The zero-order chi connectivity index (χ0) is 21.4. The van der Waals surface area contributed by atoms with Crippen LogP contribution < -0.4 is 10.1 Å². The number of ether oxygens (including phenoxy) is 1. The average molecular weight is 437 g/mol. The maximum Gasteiger partial charge on any atom is 0.242 e. The van der Waals surface area contributed by atoms with Crippen molar-refractivity contribution in [3.05, 3.63) is 63.6 Å². The van der Waals surface area contributed by atoms with E-state index in [4.69, 9.17) is 27.9 Å². The van der Waals surface area contributed by atoms with Gasteiger partial charge in [-0.3, -0.25) is 9.59 Å². The first-order valence-electron chi connectivity index (χ1n) is 9.50. The Hall–Kier alpha value is -2.24. The van der Waals surface area contributed by atoms with Gasteiger partial charge in [-0.15, -0.1) is 0 Å². The van der Waals surface area contributed by atoms with Crippen molar-refractivity contribution >= 4 is 35.0 Å². The van der Waals surface area contributed by atoms with Crippen LogP contribution in [0.5, 0.6) is 5.75 Å². The molecule has 0 saturated heterocycles. The van der Waals surface area contributed by atoms with Gasteiger partial charge in [-0.05, 0) is 48.7 Å². The van der Waals surface area contributed by atoms with E-state index < -0.39 is 6.04 Å². The van der Waals surface area contributed by atoms with Crippen LogP contribution in [-0.2, 0) is 22.6 Å². The van der Waals surface area contributed by atoms with E-state index in [2.05, 4.69) is 5.32 Å². The number of hydrogen-bond donors (Lipinski definition) is 1. The van der Waals surface area contributed by atoms with Crippen molar-refractivity contribution in [3.8, 4) is 5.75 Å². The maximum atomic E-state index is 13.2. The first kappa shape index (κ1) is 23.0. The minimum atomic E-state index is -0.641. The summed E-state index contributed by atoms with van der Waals surface area (Å²) in [6.07, 6.45) is 0.834. The first-order valence-corrected chi connectivity index (χ1v) is 10.3. The van der Waals surface area contributed by atoms with Gasteiger partial charge in [0.05, 0.1) is 13.5 Å². The molecule has 0 spiro atoms. The number of rotatable bonds is 9. The Bertz CT molecular complexity index is 820. The van der Waals surface area contributed by atoms with Crippen molar-refractivity contribution in [2.45, 2.75) is 39.3 Å². The molecule has 0 saturated carbocycles. The lowest BCUT2D eigenvalue weighted by atomic mass is 10.1. The molecule has 29 heavy (non-hydrogen) atoms. The summed E-state index contributed by atoms with van der Waals surface area (Å²) in [5.74, 6) is 0.303. The van der Waals surface area contributed by atoms with Crippen molar-refractivity contribution in [1.29, 1.82) is 0 Å². The second-order valence-electron chi connectivity index (χ2n) is 6.71. The minimum absolute atomic E-state index is 0.0139. The molecule has 0 aromatic heterocycles. The van der Waals surface area contributed by atoms with Gasteiger partial charge in [-0.1, -0.05) is 48.3 Å². The summed E-state index contributed by atoms with van der Waals surface area (Å²) in [5.41, 5.74) is 1.45. The summed E-state index contributed by atoms with van der Waals surface area (Å²) in [6, 6.07) is 11.9. The standard InChI is InChI=1S/C22H26Cl2N2O3/c1-4-12-25-22(28)15(2)26(14-16-8-10-17(29-3)11-9-16)21(27)13-18-19(23)6-5-7-20(18)24/h5-11,15H,4,12-14H2,1-3H3,(H,25,28). The van der Waals surface area contributed by atoms with E-state index in [9.17, 15) is 9.59 Å². The minimum Gasteiger partial charge on any atom is -0.497 e. The fourth-order valence-electron chi connectivity index (χ4n) is 2.86. The van der Waals surface area contributed by atoms with Crippen LogP contribution in [0, 0.1) is 0 Å². The SMILES string of the molecule is CCCNC(=O)C(C)N(Cc1ccc(OC)cc1)C(=O)Cc1c(Cl)cccc1Cl. The van der Waals surface area contributed by atoms with Gasteiger partial charge in [0.1, 0.15) is 11.8 Å². The summed E-state index contributed by atoms with van der Waals surface area (Å²) >= 11 is 12.5. The predicted octanol–water partition coefficient (Wildman–Crippen LogP) is 4.49. The van der Waals surface area contributed by atoms with E-state index in [1.54, 1.807) is 37.1 Å². The summed E-state index contributed by atoms with van der Waals surface area (Å²) in [6.45, 7) is 4.54. The Balaban J connectivity index is 2.26. The van der Waals surface area contributed by atoms with E-state index in [1.807, 2.05) is 31.2 Å². The molecule has 5 nitrogen and oxygen atoms in total. The molecule has 0 fully saturated rings. The van der Waals surface area contributed by atoms with Crippen LogP contribution in [0.3, 0.4) is 0 Å². The molecule has 0 aliphatic rings. The van der Waals surface area contributed by atoms with E-state index in [0.717, 1.165) is 17.7 Å². The molecule has 1 unspecified atom stereocenters. The molecule has 0 heterocycles. The first-order chi connectivity index (χ1) is 13.9. The van der Waals surface area contributed by atoms with Crippen molar-refractivity contribution in [2.75, 3.05) is 13.7 Å². The van der Waals surface area contributed by atoms with E-state index in [0.29, 0.717) is 22.2 Å². The van der Waals surface area contributed by atoms with Gasteiger partial charge < -0.3 is 15.0 Å². The molecular weight excluding hydrogens is 411 g/mol. The van der Waals surface area contributed by atoms with Crippen molar-refractivity contribution in [2.24, 2.45) is 0 Å². The molecule has 7 heteroatoms. The molecule has 2 rings (SSSR count). The number of nitrogens with zero attached hydrogens (tertiary/aromatic N) is 1. The van der Waals surface area contributed by atoms with Crippen LogP contribution in [0.4, 0.5) is 0 Å². The number of carbonyl (C=O) groups excluding carboxylic acids is 2. The zero-order valence-electron chi connectivity index (χ0n) is 16.9. The van der Waals surface area contributed by atoms with Gasteiger partial charge in [-0.25, -0.2) is 0 Å². The number of nitrogens with one attached hydrogen (secondary N) is 1. The quantitative estimate of drug-likeness (QED) is 0.629. The molecular formula is C22H26Cl2N2O3. The second-order valence-corrected chi connectivity index (χ2v) is 7.53. The van der Waals surface area contributed by atoms with Gasteiger partial charge in [0.15, 0.2) is 0 Å². The molecule has 0 aliphatic carbocycles. The molecule has 2 amide bonds. The molecule has 0 bridgehead atoms. The highest BCUT2D eigenvalue weighted by molar-refractivity contribution is 6.36. The van der Waals surface area contributed by atoms with Crippen LogP contribution >= 0.6 is 23.2 Å². The monoisotopic (exact) mass is 436 g/mol. The summed E-state index contributed by atoms with van der Waals surface area (Å²) in [5, 5.41) is 3.71. The lowest BCUT2D eigenvalue weighted by Crippen LogP contribution is -2.48.